The van der Waals surface area contributed by atoms with E-state index in [0.717, 1.165) is 17.1 Å². The summed E-state index contributed by atoms with van der Waals surface area (Å²) in [6.07, 6.45) is 0.912. The van der Waals surface area contributed by atoms with Gasteiger partial charge in [0, 0.05) is 5.38 Å². The van der Waals surface area contributed by atoms with Gasteiger partial charge in [0.25, 0.3) is 11.1 Å². The first kappa shape index (κ1) is 14.0. The topological polar surface area (TPSA) is 64.1 Å². The molecule has 2 aromatic heterocycles. The second-order valence-electron chi connectivity index (χ2n) is 3.87. The molecule has 0 aliphatic heterocycles. The van der Waals surface area contributed by atoms with Gasteiger partial charge in [-0.2, -0.15) is 0 Å². The van der Waals surface area contributed by atoms with Crippen LogP contribution in [-0.2, 0) is 13.0 Å². The Balaban J connectivity index is 1.98. The molecule has 0 atom stereocenters. The van der Waals surface area contributed by atoms with E-state index >= 15 is 0 Å². The molecule has 5 nitrogen and oxygen atoms in total. The number of aryl methyl sites for hydroxylation is 2. The van der Waals surface area contributed by atoms with Gasteiger partial charge < -0.3 is 10.1 Å². The number of nitrogens with zero attached hydrogens (tertiary/aromatic N) is 2. The van der Waals surface area contributed by atoms with Gasteiger partial charge in [-0.3, -0.25) is 4.79 Å². The summed E-state index contributed by atoms with van der Waals surface area (Å²) in [6.45, 7) is 4.31. The van der Waals surface area contributed by atoms with Crippen LogP contribution in [0.5, 0.6) is 5.19 Å². The summed E-state index contributed by atoms with van der Waals surface area (Å²) >= 11 is 2.81. The van der Waals surface area contributed by atoms with Gasteiger partial charge in [0.2, 0.25) is 0 Å². The van der Waals surface area contributed by atoms with Crippen molar-refractivity contribution in [3.8, 4) is 5.19 Å². The van der Waals surface area contributed by atoms with E-state index in [0.29, 0.717) is 22.3 Å². The molecule has 0 spiro atoms. The quantitative estimate of drug-likeness (QED) is 0.920. The lowest BCUT2D eigenvalue weighted by atomic mass is 10.4. The standard InChI is InChI=1S/C12H15N3O2S2/c1-4-8-6-18-9(15-8)5-13-11(16)10-7(2)14-12(17-3)19-10/h6H,4-5H2,1-3H3,(H,13,16). The number of hydrogen-bond donors (Lipinski definition) is 1. The van der Waals surface area contributed by atoms with Crippen LogP contribution in [0.4, 0.5) is 0 Å². The smallest absolute Gasteiger partial charge is 0.273 e. The maximum Gasteiger partial charge on any atom is 0.273 e. The maximum atomic E-state index is 12.0. The van der Waals surface area contributed by atoms with Crippen LogP contribution in [0.25, 0.3) is 0 Å². The van der Waals surface area contributed by atoms with Gasteiger partial charge in [0.05, 0.1) is 25.0 Å². The number of nitrogens with one attached hydrogen (secondary N) is 1. The molecular formula is C12H15N3O2S2. The Morgan fingerprint density at radius 1 is 1.47 bits per heavy atom. The van der Waals surface area contributed by atoms with Gasteiger partial charge >= 0.3 is 0 Å². The van der Waals surface area contributed by atoms with Crippen LogP contribution in [0.1, 0.15) is 33.0 Å². The lowest BCUT2D eigenvalue weighted by Gasteiger charge is -2.00. The van der Waals surface area contributed by atoms with Gasteiger partial charge in [-0.05, 0) is 13.3 Å². The Kier molecular flexibility index (Phi) is 4.49. The van der Waals surface area contributed by atoms with Crippen LogP contribution < -0.4 is 10.1 Å². The van der Waals surface area contributed by atoms with Crippen LogP contribution in [-0.4, -0.2) is 23.0 Å². The van der Waals surface area contributed by atoms with Crippen molar-refractivity contribution in [2.75, 3.05) is 7.11 Å². The molecule has 2 heterocycles. The predicted molar refractivity (Wildman–Crippen MR) is 76.1 cm³/mol. The average molecular weight is 297 g/mol. The third-order valence-electron chi connectivity index (χ3n) is 2.52. The SMILES string of the molecule is CCc1csc(CNC(=O)c2sc(OC)nc2C)n1. The molecule has 19 heavy (non-hydrogen) atoms. The zero-order valence-electron chi connectivity index (χ0n) is 11.0. The highest BCUT2D eigenvalue weighted by molar-refractivity contribution is 7.15. The zero-order chi connectivity index (χ0) is 13.8. The highest BCUT2D eigenvalue weighted by atomic mass is 32.1. The molecule has 0 aliphatic carbocycles. The largest absolute Gasteiger partial charge is 0.473 e. The molecule has 0 saturated carbocycles. The van der Waals surface area contributed by atoms with Gasteiger partial charge in [0.1, 0.15) is 9.88 Å². The number of rotatable bonds is 5. The van der Waals surface area contributed by atoms with Crippen molar-refractivity contribution >= 4 is 28.6 Å². The average Bonchev–Trinajstić information content (AvgIpc) is 3.02. The molecule has 0 fully saturated rings. The minimum atomic E-state index is -0.133. The number of thiazole rings is 2. The first-order chi connectivity index (χ1) is 9.13. The third-order valence-corrected chi connectivity index (χ3v) is 4.53. The highest BCUT2D eigenvalue weighted by Crippen LogP contribution is 2.24. The van der Waals surface area contributed by atoms with E-state index in [1.807, 2.05) is 5.38 Å². The van der Waals surface area contributed by atoms with Crippen molar-refractivity contribution in [1.82, 2.24) is 15.3 Å². The fraction of sp³-hybridized carbons (Fsp3) is 0.417. The molecule has 0 aromatic carbocycles. The van der Waals surface area contributed by atoms with Crippen LogP contribution >= 0.6 is 22.7 Å². The van der Waals surface area contributed by atoms with Crippen molar-refractivity contribution in [3.63, 3.8) is 0 Å². The number of ether oxygens (including phenoxy) is 1. The molecule has 1 amide bonds. The second kappa shape index (κ2) is 6.12. The van der Waals surface area contributed by atoms with Crippen LogP contribution in [0, 0.1) is 6.92 Å². The number of carbonyl (C=O) groups excluding carboxylic acids is 1. The lowest BCUT2D eigenvalue weighted by Crippen LogP contribution is -2.22. The van der Waals surface area contributed by atoms with E-state index in [1.54, 1.807) is 25.4 Å². The Morgan fingerprint density at radius 2 is 2.26 bits per heavy atom. The lowest BCUT2D eigenvalue weighted by molar-refractivity contribution is 0.0954. The normalized spacial score (nSPS) is 10.5. The Labute approximate surface area is 119 Å². The van der Waals surface area contributed by atoms with Crippen LogP contribution in [0.2, 0.25) is 0 Å². The summed E-state index contributed by atoms with van der Waals surface area (Å²) in [4.78, 5) is 21.2. The fourth-order valence-corrected chi connectivity index (χ4v) is 3.11. The minimum absolute atomic E-state index is 0.133. The number of carbonyl (C=O) groups is 1. The Bertz CT molecular complexity index is 577. The van der Waals surface area contributed by atoms with Crippen molar-refractivity contribution in [3.05, 3.63) is 26.7 Å². The van der Waals surface area contributed by atoms with Gasteiger partial charge in [-0.1, -0.05) is 18.3 Å². The number of aromatic nitrogens is 2. The molecular weight excluding hydrogens is 282 g/mol. The van der Waals surface area contributed by atoms with Gasteiger partial charge in [-0.15, -0.1) is 11.3 Å². The summed E-state index contributed by atoms with van der Waals surface area (Å²) in [7, 11) is 1.54. The first-order valence-electron chi connectivity index (χ1n) is 5.87. The fourth-order valence-electron chi connectivity index (χ4n) is 1.50. The van der Waals surface area contributed by atoms with Crippen molar-refractivity contribution in [2.24, 2.45) is 0 Å². The molecule has 1 N–H and O–H groups in total. The first-order valence-corrected chi connectivity index (χ1v) is 7.56. The third kappa shape index (κ3) is 3.30. The molecule has 0 bridgehead atoms. The molecule has 0 saturated heterocycles. The summed E-state index contributed by atoms with van der Waals surface area (Å²) in [5, 5.41) is 6.29. The molecule has 0 aliphatic rings. The molecule has 0 radical (unpaired) electrons. The molecule has 2 rings (SSSR count). The number of amides is 1. The molecule has 102 valence electrons. The van der Waals surface area contributed by atoms with E-state index in [-0.39, 0.29) is 5.91 Å². The Morgan fingerprint density at radius 3 is 2.84 bits per heavy atom. The minimum Gasteiger partial charge on any atom is -0.473 e. The summed E-state index contributed by atoms with van der Waals surface area (Å²) in [5.41, 5.74) is 1.75. The maximum absolute atomic E-state index is 12.0. The summed E-state index contributed by atoms with van der Waals surface area (Å²) in [5.74, 6) is -0.133. The van der Waals surface area contributed by atoms with Crippen LogP contribution in [0.3, 0.4) is 0 Å². The number of hydrogen-bond acceptors (Lipinski definition) is 6. The highest BCUT2D eigenvalue weighted by Gasteiger charge is 2.15. The van der Waals surface area contributed by atoms with Crippen molar-refractivity contribution in [1.29, 1.82) is 0 Å². The summed E-state index contributed by atoms with van der Waals surface area (Å²) in [6, 6.07) is 0. The van der Waals surface area contributed by atoms with Crippen molar-refractivity contribution < 1.29 is 9.53 Å². The van der Waals surface area contributed by atoms with Gasteiger partial charge in [0.15, 0.2) is 0 Å². The van der Waals surface area contributed by atoms with E-state index in [9.17, 15) is 4.79 Å². The van der Waals surface area contributed by atoms with E-state index in [4.69, 9.17) is 4.74 Å². The van der Waals surface area contributed by atoms with E-state index < -0.39 is 0 Å². The van der Waals surface area contributed by atoms with E-state index in [2.05, 4.69) is 22.2 Å². The monoisotopic (exact) mass is 297 g/mol. The predicted octanol–water partition coefficient (Wildman–Crippen LogP) is 2.41. The molecule has 2 aromatic rings. The second-order valence-corrected chi connectivity index (χ2v) is 5.77. The Hall–Kier alpha value is -1.47. The van der Waals surface area contributed by atoms with Crippen molar-refractivity contribution in [2.45, 2.75) is 26.8 Å². The number of methoxy groups -OCH3 is 1. The van der Waals surface area contributed by atoms with E-state index in [1.165, 1.54) is 11.3 Å². The zero-order valence-corrected chi connectivity index (χ0v) is 12.7. The molecule has 7 heteroatoms. The summed E-state index contributed by atoms with van der Waals surface area (Å²) < 4.78 is 5.02. The van der Waals surface area contributed by atoms with Crippen LogP contribution in [0.15, 0.2) is 5.38 Å². The van der Waals surface area contributed by atoms with Gasteiger partial charge in [-0.25, -0.2) is 9.97 Å². The molecule has 0 unspecified atom stereocenters.